The lowest BCUT2D eigenvalue weighted by Gasteiger charge is -2.27. The number of carbonyl (C=O) groups excluding carboxylic acids is 1. The van der Waals surface area contributed by atoms with E-state index in [0.717, 1.165) is 12.8 Å². The second-order valence-electron chi connectivity index (χ2n) is 4.73. The van der Waals surface area contributed by atoms with Crippen LogP contribution >= 0.6 is 11.8 Å². The molecule has 0 amide bonds. The number of methoxy groups -OCH3 is 1. The van der Waals surface area contributed by atoms with E-state index in [9.17, 15) is 4.79 Å². The van der Waals surface area contributed by atoms with E-state index in [1.807, 2.05) is 11.8 Å². The van der Waals surface area contributed by atoms with E-state index in [4.69, 9.17) is 4.74 Å². The minimum atomic E-state index is -0.138. The van der Waals surface area contributed by atoms with Crippen LogP contribution in [0, 0.1) is 5.92 Å². The van der Waals surface area contributed by atoms with E-state index in [0.29, 0.717) is 11.3 Å². The summed E-state index contributed by atoms with van der Waals surface area (Å²) in [6, 6.07) is -0.138. The number of hydrogen-bond acceptors (Lipinski definition) is 4. The van der Waals surface area contributed by atoms with Crippen LogP contribution in [0.1, 0.15) is 39.5 Å². The van der Waals surface area contributed by atoms with Crippen LogP contribution in [-0.4, -0.2) is 30.2 Å². The van der Waals surface area contributed by atoms with Gasteiger partial charge in [-0.3, -0.25) is 10.1 Å². The Morgan fingerprint density at radius 1 is 1.50 bits per heavy atom. The molecule has 0 saturated carbocycles. The van der Waals surface area contributed by atoms with Crippen molar-refractivity contribution >= 4 is 17.7 Å². The minimum Gasteiger partial charge on any atom is -0.468 e. The molecule has 1 heterocycles. The first-order valence-electron chi connectivity index (χ1n) is 6.09. The molecular weight excluding hydrogens is 222 g/mol. The second-order valence-corrected chi connectivity index (χ2v) is 6.04. The summed E-state index contributed by atoms with van der Waals surface area (Å²) >= 11 is 1.93. The quantitative estimate of drug-likeness (QED) is 0.755. The Kier molecular flexibility index (Phi) is 6.21. The van der Waals surface area contributed by atoms with Gasteiger partial charge in [0.2, 0.25) is 0 Å². The van der Waals surface area contributed by atoms with Crippen molar-refractivity contribution in [1.29, 1.82) is 0 Å². The van der Waals surface area contributed by atoms with Gasteiger partial charge in [0, 0.05) is 0 Å². The first-order chi connectivity index (χ1) is 7.63. The largest absolute Gasteiger partial charge is 0.468 e. The Morgan fingerprint density at radius 2 is 2.25 bits per heavy atom. The van der Waals surface area contributed by atoms with E-state index in [1.165, 1.54) is 25.7 Å². The molecule has 0 aromatic heterocycles. The van der Waals surface area contributed by atoms with Gasteiger partial charge in [-0.1, -0.05) is 20.3 Å². The third kappa shape index (κ3) is 4.74. The monoisotopic (exact) mass is 245 g/mol. The summed E-state index contributed by atoms with van der Waals surface area (Å²) in [5.41, 5.74) is 0. The van der Waals surface area contributed by atoms with Crippen molar-refractivity contribution in [2.45, 2.75) is 50.9 Å². The van der Waals surface area contributed by atoms with Crippen LogP contribution in [0.3, 0.4) is 0 Å². The van der Waals surface area contributed by atoms with Crippen molar-refractivity contribution in [3.05, 3.63) is 0 Å². The lowest BCUT2D eigenvalue weighted by atomic mass is 10.0. The van der Waals surface area contributed by atoms with Gasteiger partial charge in [0.1, 0.15) is 6.04 Å². The summed E-state index contributed by atoms with van der Waals surface area (Å²) in [5.74, 6) is 1.58. The summed E-state index contributed by atoms with van der Waals surface area (Å²) in [6.45, 7) is 4.26. The van der Waals surface area contributed by atoms with Crippen molar-refractivity contribution in [2.75, 3.05) is 12.9 Å². The highest BCUT2D eigenvalue weighted by molar-refractivity contribution is 7.99. The van der Waals surface area contributed by atoms with Crippen LogP contribution in [0.4, 0.5) is 0 Å². The molecule has 1 rings (SSSR count). The third-order valence-corrected chi connectivity index (χ3v) is 4.06. The highest BCUT2D eigenvalue weighted by Crippen LogP contribution is 2.24. The van der Waals surface area contributed by atoms with Gasteiger partial charge in [0.15, 0.2) is 0 Å². The maximum atomic E-state index is 11.6. The number of ether oxygens (including phenoxy) is 1. The fourth-order valence-corrected chi connectivity index (χ4v) is 3.19. The first kappa shape index (κ1) is 13.8. The van der Waals surface area contributed by atoms with Crippen LogP contribution in [0.2, 0.25) is 0 Å². The Hall–Kier alpha value is -0.220. The molecule has 1 saturated heterocycles. The molecule has 1 fully saturated rings. The summed E-state index contributed by atoms with van der Waals surface area (Å²) in [5, 5.41) is 3.85. The molecule has 1 aliphatic rings. The van der Waals surface area contributed by atoms with E-state index in [1.54, 1.807) is 0 Å². The molecule has 0 spiro atoms. The Bertz CT molecular complexity index is 215. The molecule has 94 valence electrons. The fraction of sp³-hybridized carbons (Fsp3) is 0.917. The van der Waals surface area contributed by atoms with Gasteiger partial charge < -0.3 is 4.74 Å². The Labute approximate surface area is 103 Å². The van der Waals surface area contributed by atoms with Crippen LogP contribution in [0.25, 0.3) is 0 Å². The van der Waals surface area contributed by atoms with Gasteiger partial charge in [0.25, 0.3) is 0 Å². The van der Waals surface area contributed by atoms with Gasteiger partial charge in [0.05, 0.1) is 12.5 Å². The van der Waals surface area contributed by atoms with E-state index < -0.39 is 0 Å². The van der Waals surface area contributed by atoms with Crippen molar-refractivity contribution in [3.8, 4) is 0 Å². The zero-order chi connectivity index (χ0) is 12.0. The summed E-state index contributed by atoms with van der Waals surface area (Å²) < 4.78 is 4.84. The second kappa shape index (κ2) is 7.17. The van der Waals surface area contributed by atoms with Gasteiger partial charge in [-0.05, 0) is 30.9 Å². The molecular formula is C12H23NO2S. The molecule has 3 nitrogen and oxygen atoms in total. The molecule has 0 bridgehead atoms. The van der Waals surface area contributed by atoms with Crippen molar-refractivity contribution in [3.63, 3.8) is 0 Å². The average molecular weight is 245 g/mol. The first-order valence-corrected chi connectivity index (χ1v) is 7.14. The maximum Gasteiger partial charge on any atom is 0.322 e. The SMILES string of the molecule is COC(=O)C(CC(C)C)N[C@@H]1CCCCS1. The van der Waals surface area contributed by atoms with Gasteiger partial charge >= 0.3 is 5.97 Å². The van der Waals surface area contributed by atoms with Crippen LogP contribution < -0.4 is 5.32 Å². The van der Waals surface area contributed by atoms with Crippen LogP contribution in [0.5, 0.6) is 0 Å². The van der Waals surface area contributed by atoms with Gasteiger partial charge in [-0.25, -0.2) is 0 Å². The normalized spacial score (nSPS) is 23.1. The lowest BCUT2D eigenvalue weighted by Crippen LogP contribution is -2.44. The van der Waals surface area contributed by atoms with Crippen LogP contribution in [0.15, 0.2) is 0 Å². The van der Waals surface area contributed by atoms with Gasteiger partial charge in [-0.15, -0.1) is 11.8 Å². The number of rotatable bonds is 5. The smallest absolute Gasteiger partial charge is 0.322 e. The summed E-state index contributed by atoms with van der Waals surface area (Å²) in [7, 11) is 1.46. The number of esters is 1. The standard InChI is InChI=1S/C12H23NO2S/c1-9(2)8-10(12(14)15-3)13-11-6-4-5-7-16-11/h9-11,13H,4-8H2,1-3H3/t10?,11-/m0/s1. The van der Waals surface area contributed by atoms with Gasteiger partial charge in [-0.2, -0.15) is 0 Å². The molecule has 0 aliphatic carbocycles. The minimum absolute atomic E-state index is 0.125. The van der Waals surface area contributed by atoms with E-state index in [-0.39, 0.29) is 12.0 Å². The molecule has 16 heavy (non-hydrogen) atoms. The summed E-state index contributed by atoms with van der Waals surface area (Å²) in [4.78, 5) is 11.6. The molecule has 4 heteroatoms. The molecule has 2 atom stereocenters. The van der Waals surface area contributed by atoms with Crippen molar-refractivity contribution in [2.24, 2.45) is 5.92 Å². The molecule has 0 radical (unpaired) electrons. The zero-order valence-corrected chi connectivity index (χ0v) is 11.3. The highest BCUT2D eigenvalue weighted by Gasteiger charge is 2.24. The Balaban J connectivity index is 2.44. The van der Waals surface area contributed by atoms with Crippen molar-refractivity contribution < 1.29 is 9.53 Å². The Morgan fingerprint density at radius 3 is 2.75 bits per heavy atom. The predicted molar refractivity (Wildman–Crippen MR) is 68.5 cm³/mol. The molecule has 1 aliphatic heterocycles. The van der Waals surface area contributed by atoms with Crippen LogP contribution in [-0.2, 0) is 9.53 Å². The van der Waals surface area contributed by atoms with E-state index >= 15 is 0 Å². The average Bonchev–Trinajstić information content (AvgIpc) is 2.28. The number of thioether (sulfide) groups is 1. The topological polar surface area (TPSA) is 38.3 Å². The zero-order valence-electron chi connectivity index (χ0n) is 10.5. The summed E-state index contributed by atoms with van der Waals surface area (Å²) in [6.07, 6.45) is 4.58. The molecule has 1 unspecified atom stereocenters. The maximum absolute atomic E-state index is 11.6. The lowest BCUT2D eigenvalue weighted by molar-refractivity contribution is -0.143. The third-order valence-electron chi connectivity index (χ3n) is 2.76. The van der Waals surface area contributed by atoms with Crippen molar-refractivity contribution in [1.82, 2.24) is 5.32 Å². The fourth-order valence-electron chi connectivity index (χ4n) is 1.94. The number of nitrogens with one attached hydrogen (secondary N) is 1. The molecule has 0 aromatic rings. The van der Waals surface area contributed by atoms with E-state index in [2.05, 4.69) is 19.2 Å². The number of carbonyl (C=O) groups is 1. The predicted octanol–water partition coefficient (Wildman–Crippen LogP) is 2.41. The highest BCUT2D eigenvalue weighted by atomic mass is 32.2. The molecule has 0 aromatic carbocycles. The molecule has 1 N–H and O–H groups in total. The number of hydrogen-bond donors (Lipinski definition) is 1.